The molecule has 0 saturated carbocycles. The Morgan fingerprint density at radius 2 is 1.79 bits per heavy atom. The molecule has 4 unspecified atom stereocenters. The number of rotatable bonds is 15. The van der Waals surface area contributed by atoms with Crippen LogP contribution in [0.25, 0.3) is 0 Å². The van der Waals surface area contributed by atoms with Gasteiger partial charge in [0.1, 0.15) is 30.1 Å². The van der Waals surface area contributed by atoms with Crippen LogP contribution in [0.15, 0.2) is 69.7 Å². The first-order valence-corrected chi connectivity index (χ1v) is 15.3. The number of methoxy groups -OCH3 is 2. The van der Waals surface area contributed by atoms with Crippen LogP contribution in [0.3, 0.4) is 0 Å². The van der Waals surface area contributed by atoms with E-state index in [9.17, 15) is 18.9 Å². The molecule has 0 radical (unpaired) electrons. The largest absolute Gasteiger partial charge is 0.493 e. The Morgan fingerprint density at radius 1 is 1.05 bits per heavy atom. The lowest BCUT2D eigenvalue weighted by Crippen LogP contribution is -2.36. The number of nitrogens with one attached hydrogen (secondary N) is 1. The molecular weight excluding hydrogens is 560 g/mol. The quantitative estimate of drug-likeness (QED) is 0.233. The number of benzene rings is 2. The maximum Gasteiger partial charge on any atom is 0.336 e. The summed E-state index contributed by atoms with van der Waals surface area (Å²) in [5, 5.41) is 13.4. The van der Waals surface area contributed by atoms with Gasteiger partial charge in [0.2, 0.25) is 0 Å². The summed E-state index contributed by atoms with van der Waals surface area (Å²) < 4.78 is 34.3. The van der Waals surface area contributed by atoms with Crippen molar-refractivity contribution in [2.45, 2.75) is 43.6 Å². The summed E-state index contributed by atoms with van der Waals surface area (Å²) in [6.07, 6.45) is 2.41. The first-order chi connectivity index (χ1) is 20.2. The van der Waals surface area contributed by atoms with Crippen LogP contribution in [-0.2, 0) is 29.9 Å². The highest BCUT2D eigenvalue weighted by atomic mass is 32.2. The smallest absolute Gasteiger partial charge is 0.336 e. The molecule has 10 nitrogen and oxygen atoms in total. The Bertz CT molecular complexity index is 1310. The molecule has 2 N–H and O–H groups in total. The molecule has 4 atom stereocenters. The lowest BCUT2D eigenvalue weighted by atomic mass is 9.75. The number of allylic oxidation sites excluding steroid dienone is 1. The van der Waals surface area contributed by atoms with Crippen LogP contribution in [-0.4, -0.2) is 79.8 Å². The van der Waals surface area contributed by atoms with Crippen LogP contribution in [0.4, 0.5) is 0 Å². The normalized spacial score (nSPS) is 18.1. The molecule has 11 heteroatoms. The number of aliphatic hydroxyl groups excluding tert-OH is 1. The predicted octanol–water partition coefficient (Wildman–Crippen LogP) is 3.41. The molecule has 0 aliphatic carbocycles. The van der Waals surface area contributed by atoms with E-state index in [4.69, 9.17) is 18.9 Å². The first-order valence-electron chi connectivity index (χ1n) is 13.8. The molecule has 0 saturated heterocycles. The maximum atomic E-state index is 13.0. The zero-order valence-electron chi connectivity index (χ0n) is 24.8. The average Bonchev–Trinajstić information content (AvgIpc) is 2.99. The minimum Gasteiger partial charge on any atom is -0.493 e. The van der Waals surface area contributed by atoms with Gasteiger partial charge in [-0.25, -0.2) is 4.79 Å². The molecular formula is C31H40N2O8S. The van der Waals surface area contributed by atoms with Crippen LogP contribution in [0, 0.1) is 5.92 Å². The second-order valence-corrected chi connectivity index (χ2v) is 11.3. The molecule has 0 spiro atoms. The zero-order chi connectivity index (χ0) is 30.6. The third-order valence-corrected chi connectivity index (χ3v) is 7.83. The third-order valence-electron chi connectivity index (χ3n) is 6.91. The summed E-state index contributed by atoms with van der Waals surface area (Å²) in [5.41, 5.74) is 1.68. The fourth-order valence-electron chi connectivity index (χ4n) is 4.83. The highest BCUT2D eigenvalue weighted by Crippen LogP contribution is 2.44. The molecule has 42 heavy (non-hydrogen) atoms. The molecule has 0 bridgehead atoms. The van der Waals surface area contributed by atoms with Crippen LogP contribution in [0.1, 0.15) is 38.2 Å². The van der Waals surface area contributed by atoms with E-state index in [0.29, 0.717) is 59.5 Å². The van der Waals surface area contributed by atoms with Gasteiger partial charge in [0.25, 0.3) is 0 Å². The summed E-state index contributed by atoms with van der Waals surface area (Å²) >= 11 is 0. The van der Waals surface area contributed by atoms with Crippen molar-refractivity contribution < 1.29 is 37.9 Å². The SMILES string of the molecule is COC(=O)C1=C(C)N=C(C)C(C(=O)OC)C1c1cc(S(C)=O)ccc1OCCCCNCC(O)COc1ccccc1. The maximum absolute atomic E-state index is 13.0. The lowest BCUT2D eigenvalue weighted by Gasteiger charge is -2.32. The number of nitrogens with zero attached hydrogens (tertiary/aromatic N) is 1. The monoisotopic (exact) mass is 600 g/mol. The predicted molar refractivity (Wildman–Crippen MR) is 160 cm³/mol. The number of carbonyl (C=O) groups is 2. The Hall–Kier alpha value is -3.54. The minimum atomic E-state index is -1.32. The van der Waals surface area contributed by atoms with Gasteiger partial charge in [0.05, 0.1) is 26.4 Å². The molecule has 0 fully saturated rings. The molecule has 1 aliphatic rings. The van der Waals surface area contributed by atoms with E-state index in [1.54, 1.807) is 38.3 Å². The topological polar surface area (TPSA) is 133 Å². The number of aliphatic imine (C=N–C) groups is 1. The number of ether oxygens (including phenoxy) is 4. The van der Waals surface area contributed by atoms with Gasteiger partial charge in [-0.3, -0.25) is 14.0 Å². The van der Waals surface area contributed by atoms with E-state index < -0.39 is 40.7 Å². The van der Waals surface area contributed by atoms with Gasteiger partial charge in [-0.2, -0.15) is 0 Å². The molecule has 0 aromatic heterocycles. The molecule has 0 amide bonds. The number of unbranched alkanes of at least 4 members (excludes halogenated alkanes) is 1. The van der Waals surface area contributed by atoms with Crippen molar-refractivity contribution in [3.8, 4) is 11.5 Å². The van der Waals surface area contributed by atoms with Crippen molar-refractivity contribution >= 4 is 28.4 Å². The Morgan fingerprint density at radius 3 is 2.45 bits per heavy atom. The summed E-state index contributed by atoms with van der Waals surface area (Å²) in [6, 6.07) is 14.5. The van der Waals surface area contributed by atoms with Gasteiger partial charge in [-0.05, 0) is 63.6 Å². The summed E-state index contributed by atoms with van der Waals surface area (Å²) in [6.45, 7) is 5.03. The number of hydrogen-bond donors (Lipinski definition) is 2. The van der Waals surface area contributed by atoms with Gasteiger partial charge in [-0.15, -0.1) is 0 Å². The lowest BCUT2D eigenvalue weighted by molar-refractivity contribution is -0.143. The highest BCUT2D eigenvalue weighted by Gasteiger charge is 2.43. The standard InChI is InChI=1S/C31H40N2O8S/c1-20-27(30(35)38-3)29(28(21(2)33-20)31(36)39-4)25-17-24(42(5)37)13-14-26(25)40-16-10-9-15-32-18-22(34)19-41-23-11-7-6-8-12-23/h6-8,11-14,17,22,27,29,32,34H,9-10,15-16,18-19H2,1-5H3. The first kappa shape index (κ1) is 33.0. The van der Waals surface area contributed by atoms with Gasteiger partial charge < -0.3 is 29.4 Å². The highest BCUT2D eigenvalue weighted by molar-refractivity contribution is 7.84. The van der Waals surface area contributed by atoms with Gasteiger partial charge in [0, 0.05) is 51.4 Å². The Labute approximate surface area is 249 Å². The van der Waals surface area contributed by atoms with E-state index in [-0.39, 0.29) is 12.2 Å². The Kier molecular flexibility index (Phi) is 12.7. The molecule has 228 valence electrons. The van der Waals surface area contributed by atoms with Crippen molar-refractivity contribution in [3.05, 3.63) is 65.4 Å². The molecule has 1 heterocycles. The molecule has 2 aromatic rings. The van der Waals surface area contributed by atoms with E-state index >= 15 is 0 Å². The summed E-state index contributed by atoms with van der Waals surface area (Å²) in [4.78, 5) is 30.9. The van der Waals surface area contributed by atoms with Crippen molar-refractivity contribution in [1.82, 2.24) is 5.32 Å². The van der Waals surface area contributed by atoms with E-state index in [1.807, 2.05) is 30.3 Å². The van der Waals surface area contributed by atoms with Gasteiger partial charge >= 0.3 is 11.9 Å². The van der Waals surface area contributed by atoms with E-state index in [0.717, 1.165) is 6.42 Å². The van der Waals surface area contributed by atoms with Gasteiger partial charge in [0.15, 0.2) is 0 Å². The van der Waals surface area contributed by atoms with E-state index in [2.05, 4.69) is 10.3 Å². The number of esters is 2. The van der Waals surface area contributed by atoms with Crippen molar-refractivity contribution in [2.24, 2.45) is 10.9 Å². The number of aliphatic hydroxyl groups is 1. The second kappa shape index (κ2) is 16.2. The zero-order valence-corrected chi connectivity index (χ0v) is 25.6. The Balaban J connectivity index is 1.67. The van der Waals surface area contributed by atoms with Crippen LogP contribution in [0.2, 0.25) is 0 Å². The minimum absolute atomic E-state index is 0.195. The van der Waals surface area contributed by atoms with Crippen LogP contribution < -0.4 is 14.8 Å². The van der Waals surface area contributed by atoms with Crippen molar-refractivity contribution in [2.75, 3.05) is 46.8 Å². The van der Waals surface area contributed by atoms with Crippen LogP contribution in [0.5, 0.6) is 11.5 Å². The fourth-order valence-corrected chi connectivity index (χ4v) is 5.38. The summed E-state index contributed by atoms with van der Waals surface area (Å²) in [7, 11) is 1.24. The van der Waals surface area contributed by atoms with Crippen molar-refractivity contribution in [3.63, 3.8) is 0 Å². The van der Waals surface area contributed by atoms with E-state index in [1.165, 1.54) is 14.2 Å². The third kappa shape index (κ3) is 8.73. The molecule has 1 aliphatic heterocycles. The van der Waals surface area contributed by atoms with Crippen molar-refractivity contribution in [1.29, 1.82) is 0 Å². The average molecular weight is 601 g/mol. The number of carbonyl (C=O) groups excluding carboxylic acids is 2. The molecule has 2 aromatic carbocycles. The molecule has 3 rings (SSSR count). The van der Waals surface area contributed by atoms with Crippen LogP contribution >= 0.6 is 0 Å². The fraction of sp³-hybridized carbons (Fsp3) is 0.452. The van der Waals surface area contributed by atoms with Gasteiger partial charge in [-0.1, -0.05) is 18.2 Å². The number of hydrogen-bond acceptors (Lipinski definition) is 10. The number of para-hydroxylation sites is 1. The second-order valence-electron chi connectivity index (χ2n) is 9.91. The summed E-state index contributed by atoms with van der Waals surface area (Å²) in [5.74, 6) is -1.68.